The van der Waals surface area contributed by atoms with Crippen LogP contribution in [-0.4, -0.2) is 34.5 Å². The number of anilines is 2. The molecular formula is C7H13N3O3. The van der Waals surface area contributed by atoms with Gasteiger partial charge in [-0.15, -0.1) is 0 Å². The van der Waals surface area contributed by atoms with Crippen LogP contribution in [0.1, 0.15) is 5.69 Å². The van der Waals surface area contributed by atoms with Crippen LogP contribution in [-0.2, 0) is 0 Å². The molecule has 74 valence electrons. The van der Waals surface area contributed by atoms with Crippen LogP contribution in [0.15, 0.2) is 4.42 Å². The number of nitrogen functional groups attached to an aromatic ring is 1. The monoisotopic (exact) mass is 187 g/mol. The first-order chi connectivity index (χ1) is 6.13. The Labute approximate surface area is 75.4 Å². The van der Waals surface area contributed by atoms with Crippen LogP contribution in [0.4, 0.5) is 11.9 Å². The van der Waals surface area contributed by atoms with Gasteiger partial charge in [0.05, 0.1) is 12.7 Å². The molecule has 6 nitrogen and oxygen atoms in total. The Morgan fingerprint density at radius 1 is 1.69 bits per heavy atom. The minimum atomic E-state index is -0.826. The van der Waals surface area contributed by atoms with Crippen molar-refractivity contribution in [3.63, 3.8) is 0 Å². The van der Waals surface area contributed by atoms with E-state index in [1.165, 1.54) is 0 Å². The van der Waals surface area contributed by atoms with Gasteiger partial charge in [-0.25, -0.2) is 0 Å². The summed E-state index contributed by atoms with van der Waals surface area (Å²) in [6, 6.07) is 0.252. The zero-order valence-electron chi connectivity index (χ0n) is 7.32. The van der Waals surface area contributed by atoms with Crippen LogP contribution in [0, 0.1) is 6.92 Å². The van der Waals surface area contributed by atoms with Crippen molar-refractivity contribution >= 4 is 11.9 Å². The lowest BCUT2D eigenvalue weighted by Crippen LogP contribution is -2.23. The molecule has 0 spiro atoms. The fraction of sp³-hybridized carbons (Fsp3) is 0.571. The van der Waals surface area contributed by atoms with Gasteiger partial charge in [0.1, 0.15) is 5.69 Å². The Balaban J connectivity index is 2.45. The van der Waals surface area contributed by atoms with Gasteiger partial charge in [-0.2, -0.15) is 4.98 Å². The lowest BCUT2D eigenvalue weighted by atomic mass is 10.4. The summed E-state index contributed by atoms with van der Waals surface area (Å²) in [5, 5.41) is 20.2. The van der Waals surface area contributed by atoms with Crippen molar-refractivity contribution in [1.29, 1.82) is 0 Å². The molecule has 13 heavy (non-hydrogen) atoms. The van der Waals surface area contributed by atoms with E-state index in [9.17, 15) is 0 Å². The minimum absolute atomic E-state index is 0.176. The fourth-order valence-electron chi connectivity index (χ4n) is 0.754. The van der Waals surface area contributed by atoms with Gasteiger partial charge in [0, 0.05) is 6.54 Å². The molecule has 0 aliphatic carbocycles. The van der Waals surface area contributed by atoms with E-state index in [0.29, 0.717) is 5.69 Å². The summed E-state index contributed by atoms with van der Waals surface area (Å²) in [6.07, 6.45) is -0.826. The third kappa shape index (κ3) is 2.60. The third-order valence-corrected chi connectivity index (χ3v) is 1.53. The summed E-state index contributed by atoms with van der Waals surface area (Å²) in [4.78, 5) is 3.92. The molecule has 1 heterocycles. The van der Waals surface area contributed by atoms with E-state index >= 15 is 0 Å². The van der Waals surface area contributed by atoms with Gasteiger partial charge >= 0.3 is 0 Å². The third-order valence-electron chi connectivity index (χ3n) is 1.53. The predicted octanol–water partition coefficient (Wildman–Crippen LogP) is -0.670. The number of nitrogens with zero attached hydrogens (tertiary/aromatic N) is 1. The molecule has 0 fully saturated rings. The van der Waals surface area contributed by atoms with Crippen LogP contribution >= 0.6 is 0 Å². The highest BCUT2D eigenvalue weighted by Crippen LogP contribution is 2.15. The van der Waals surface area contributed by atoms with Gasteiger partial charge in [0.25, 0.3) is 6.01 Å². The maximum absolute atomic E-state index is 8.98. The van der Waals surface area contributed by atoms with Crippen molar-refractivity contribution in [2.24, 2.45) is 0 Å². The molecule has 0 amide bonds. The molecule has 1 atom stereocenters. The average Bonchev–Trinajstić information content (AvgIpc) is 2.42. The Morgan fingerprint density at radius 2 is 2.38 bits per heavy atom. The van der Waals surface area contributed by atoms with Crippen molar-refractivity contribution in [3.8, 4) is 0 Å². The van der Waals surface area contributed by atoms with Gasteiger partial charge < -0.3 is 25.7 Å². The number of aliphatic hydroxyl groups is 2. The van der Waals surface area contributed by atoms with E-state index in [4.69, 9.17) is 20.4 Å². The number of oxazole rings is 1. The molecule has 6 heteroatoms. The summed E-state index contributed by atoms with van der Waals surface area (Å²) in [5.41, 5.74) is 6.00. The smallest absolute Gasteiger partial charge is 0.296 e. The van der Waals surface area contributed by atoms with Gasteiger partial charge in [-0.05, 0) is 6.92 Å². The van der Waals surface area contributed by atoms with Gasteiger partial charge in [0.2, 0.25) is 5.88 Å². The van der Waals surface area contributed by atoms with Crippen LogP contribution < -0.4 is 11.1 Å². The zero-order valence-corrected chi connectivity index (χ0v) is 7.32. The Kier molecular flexibility index (Phi) is 3.10. The molecule has 0 radical (unpaired) electrons. The van der Waals surface area contributed by atoms with E-state index < -0.39 is 6.10 Å². The maximum atomic E-state index is 8.98. The Bertz CT molecular complexity index is 254. The first-order valence-corrected chi connectivity index (χ1v) is 3.89. The largest absolute Gasteiger partial charge is 0.407 e. The topological polar surface area (TPSA) is 105 Å². The molecule has 0 saturated heterocycles. The summed E-state index contributed by atoms with van der Waals surface area (Å²) in [5.74, 6) is 0.251. The van der Waals surface area contributed by atoms with Crippen molar-refractivity contribution in [2.75, 3.05) is 24.2 Å². The average molecular weight is 187 g/mol. The summed E-state index contributed by atoms with van der Waals surface area (Å²) in [6.45, 7) is 1.59. The van der Waals surface area contributed by atoms with Gasteiger partial charge in [-0.1, -0.05) is 0 Å². The minimum Gasteiger partial charge on any atom is -0.407 e. The first kappa shape index (κ1) is 9.82. The lowest BCUT2D eigenvalue weighted by Gasteiger charge is -2.05. The molecule has 0 saturated carbocycles. The van der Waals surface area contributed by atoms with Crippen molar-refractivity contribution in [1.82, 2.24) is 4.98 Å². The van der Waals surface area contributed by atoms with Crippen LogP contribution in [0.3, 0.4) is 0 Å². The number of nitrogens with two attached hydrogens (primary N) is 1. The molecule has 1 rings (SSSR count). The molecule has 1 unspecified atom stereocenters. The highest BCUT2D eigenvalue weighted by atomic mass is 16.4. The number of aromatic nitrogens is 1. The van der Waals surface area contributed by atoms with E-state index in [-0.39, 0.29) is 25.1 Å². The maximum Gasteiger partial charge on any atom is 0.296 e. The van der Waals surface area contributed by atoms with E-state index in [1.807, 2.05) is 0 Å². The standard InChI is InChI=1S/C7H13N3O3/c1-4-6(8)13-7(10-4)9-2-5(12)3-11/h5,11-12H,2-3,8H2,1H3,(H,9,10). The van der Waals surface area contributed by atoms with Gasteiger partial charge in [-0.3, -0.25) is 0 Å². The first-order valence-electron chi connectivity index (χ1n) is 3.89. The Morgan fingerprint density at radius 3 is 2.85 bits per heavy atom. The number of rotatable bonds is 4. The summed E-state index contributed by atoms with van der Waals surface area (Å²) >= 11 is 0. The molecule has 0 aliphatic heterocycles. The number of hydrogen-bond donors (Lipinski definition) is 4. The second kappa shape index (κ2) is 4.11. The van der Waals surface area contributed by atoms with Crippen molar-refractivity contribution in [3.05, 3.63) is 5.69 Å². The molecule has 1 aromatic heterocycles. The second-order valence-corrected chi connectivity index (χ2v) is 2.69. The Hall–Kier alpha value is -1.27. The predicted molar refractivity (Wildman–Crippen MR) is 47.2 cm³/mol. The zero-order chi connectivity index (χ0) is 9.84. The van der Waals surface area contributed by atoms with Crippen LogP contribution in [0.2, 0.25) is 0 Å². The second-order valence-electron chi connectivity index (χ2n) is 2.69. The highest BCUT2D eigenvalue weighted by molar-refractivity contribution is 5.37. The summed E-state index contributed by atoms with van der Waals surface area (Å²) < 4.78 is 4.97. The van der Waals surface area contributed by atoms with Crippen LogP contribution in [0.5, 0.6) is 0 Å². The number of aliphatic hydroxyl groups excluding tert-OH is 2. The highest BCUT2D eigenvalue weighted by Gasteiger charge is 2.07. The lowest BCUT2D eigenvalue weighted by molar-refractivity contribution is 0.105. The molecule has 0 aromatic carbocycles. The molecule has 0 bridgehead atoms. The van der Waals surface area contributed by atoms with E-state index in [0.717, 1.165) is 0 Å². The SMILES string of the molecule is Cc1nc(NCC(O)CO)oc1N. The number of nitrogens with one attached hydrogen (secondary N) is 1. The van der Waals surface area contributed by atoms with Crippen LogP contribution in [0.25, 0.3) is 0 Å². The molecule has 1 aromatic rings. The molecule has 5 N–H and O–H groups in total. The fourth-order valence-corrected chi connectivity index (χ4v) is 0.754. The normalized spacial score (nSPS) is 12.8. The number of aryl methyl sites for hydroxylation is 1. The van der Waals surface area contributed by atoms with Crippen molar-refractivity contribution < 1.29 is 14.6 Å². The quantitative estimate of drug-likeness (QED) is 0.498. The van der Waals surface area contributed by atoms with E-state index in [1.54, 1.807) is 6.92 Å². The summed E-state index contributed by atoms with van der Waals surface area (Å²) in [7, 11) is 0. The van der Waals surface area contributed by atoms with E-state index in [2.05, 4.69) is 10.3 Å². The number of hydrogen-bond acceptors (Lipinski definition) is 6. The van der Waals surface area contributed by atoms with Crippen molar-refractivity contribution in [2.45, 2.75) is 13.0 Å². The molecule has 0 aliphatic rings. The van der Waals surface area contributed by atoms with Gasteiger partial charge in [0.15, 0.2) is 0 Å². The molecular weight excluding hydrogens is 174 g/mol.